The van der Waals surface area contributed by atoms with E-state index in [2.05, 4.69) is 20.7 Å². The number of hydrogen-bond acceptors (Lipinski definition) is 6. The van der Waals surface area contributed by atoms with Gasteiger partial charge in [0.2, 0.25) is 5.16 Å². The monoisotopic (exact) mass is 342 g/mol. The molecule has 3 rings (SSSR count). The Morgan fingerprint density at radius 3 is 2.62 bits per heavy atom. The van der Waals surface area contributed by atoms with E-state index in [1.165, 1.54) is 34.1 Å². The number of nitrogens with one attached hydrogen (secondary N) is 1. The highest BCUT2D eigenvalue weighted by atomic mass is 32.2. The molecule has 0 aliphatic carbocycles. The lowest BCUT2D eigenvalue weighted by molar-refractivity contribution is 0.628. The van der Waals surface area contributed by atoms with Crippen LogP contribution in [0, 0.1) is 5.82 Å². The standard InChI is InChI=1S/C16H15FN6S/c17-14-8-6-12(7-9-14)10-19-20-15-21-22-16(23(15)18)24-11-13-4-2-1-3-5-13/h1-10H,11,18H2,(H,20,21)/b19-10+. The third-order valence-corrected chi connectivity index (χ3v) is 4.14. The Morgan fingerprint density at radius 1 is 1.12 bits per heavy atom. The largest absolute Gasteiger partial charge is 0.334 e. The van der Waals surface area contributed by atoms with E-state index in [-0.39, 0.29) is 5.82 Å². The minimum Gasteiger partial charge on any atom is -0.334 e. The summed E-state index contributed by atoms with van der Waals surface area (Å²) >= 11 is 1.48. The van der Waals surface area contributed by atoms with Crippen LogP contribution in [-0.4, -0.2) is 21.1 Å². The van der Waals surface area contributed by atoms with Crippen molar-refractivity contribution in [1.82, 2.24) is 14.9 Å². The molecule has 1 aromatic heterocycles. The van der Waals surface area contributed by atoms with E-state index in [1.807, 2.05) is 30.3 Å². The fourth-order valence-electron chi connectivity index (χ4n) is 1.89. The van der Waals surface area contributed by atoms with Gasteiger partial charge in [-0.1, -0.05) is 54.2 Å². The number of benzene rings is 2. The summed E-state index contributed by atoms with van der Waals surface area (Å²) in [6.07, 6.45) is 1.55. The maximum Gasteiger partial charge on any atom is 0.264 e. The molecular weight excluding hydrogens is 327 g/mol. The van der Waals surface area contributed by atoms with Gasteiger partial charge in [0.1, 0.15) is 5.82 Å². The molecule has 0 amide bonds. The molecule has 0 spiro atoms. The van der Waals surface area contributed by atoms with Crippen LogP contribution in [0.2, 0.25) is 0 Å². The molecule has 0 fully saturated rings. The predicted octanol–water partition coefficient (Wildman–Crippen LogP) is 2.87. The number of nitrogens with two attached hydrogens (primary N) is 1. The summed E-state index contributed by atoms with van der Waals surface area (Å²) in [5.74, 6) is 6.73. The van der Waals surface area contributed by atoms with E-state index in [0.29, 0.717) is 11.1 Å². The van der Waals surface area contributed by atoms with Crippen molar-refractivity contribution in [2.75, 3.05) is 11.3 Å². The first-order valence-electron chi connectivity index (χ1n) is 7.14. The lowest BCUT2D eigenvalue weighted by Gasteiger charge is -2.03. The van der Waals surface area contributed by atoms with Gasteiger partial charge in [-0.05, 0) is 23.3 Å². The van der Waals surface area contributed by atoms with Crippen molar-refractivity contribution < 1.29 is 4.39 Å². The zero-order valence-electron chi connectivity index (χ0n) is 12.6. The van der Waals surface area contributed by atoms with E-state index in [1.54, 1.807) is 18.3 Å². The third kappa shape index (κ3) is 4.11. The molecule has 0 saturated heterocycles. The molecule has 6 nitrogen and oxygen atoms in total. The molecule has 3 N–H and O–H groups in total. The predicted molar refractivity (Wildman–Crippen MR) is 93.8 cm³/mol. The highest BCUT2D eigenvalue weighted by molar-refractivity contribution is 7.98. The Balaban J connectivity index is 1.59. The zero-order chi connectivity index (χ0) is 16.8. The molecular formula is C16H15FN6S. The van der Waals surface area contributed by atoms with E-state index in [0.717, 1.165) is 11.3 Å². The highest BCUT2D eigenvalue weighted by Gasteiger charge is 2.09. The Morgan fingerprint density at radius 2 is 1.88 bits per heavy atom. The van der Waals surface area contributed by atoms with Crippen LogP contribution in [0.15, 0.2) is 64.9 Å². The van der Waals surface area contributed by atoms with Gasteiger partial charge < -0.3 is 5.84 Å². The fourth-order valence-corrected chi connectivity index (χ4v) is 2.70. The maximum atomic E-state index is 12.8. The molecule has 2 aromatic carbocycles. The zero-order valence-corrected chi connectivity index (χ0v) is 13.4. The van der Waals surface area contributed by atoms with Crippen LogP contribution < -0.4 is 11.3 Å². The number of nitrogens with zero attached hydrogens (tertiary/aromatic N) is 4. The van der Waals surface area contributed by atoms with Crippen LogP contribution in [0.5, 0.6) is 0 Å². The number of nitrogen functional groups attached to an aromatic ring is 1. The van der Waals surface area contributed by atoms with Gasteiger partial charge in [-0.2, -0.15) is 5.10 Å². The number of anilines is 1. The molecule has 0 saturated carbocycles. The van der Waals surface area contributed by atoms with Crippen LogP contribution in [0.4, 0.5) is 10.3 Å². The van der Waals surface area contributed by atoms with Crippen molar-refractivity contribution in [2.45, 2.75) is 10.9 Å². The van der Waals surface area contributed by atoms with Crippen LogP contribution in [0.25, 0.3) is 0 Å². The fraction of sp³-hybridized carbons (Fsp3) is 0.0625. The number of hydrazone groups is 1. The van der Waals surface area contributed by atoms with Crippen molar-refractivity contribution in [2.24, 2.45) is 5.10 Å². The summed E-state index contributed by atoms with van der Waals surface area (Å²) in [7, 11) is 0. The van der Waals surface area contributed by atoms with Crippen molar-refractivity contribution in [1.29, 1.82) is 0 Å². The lowest BCUT2D eigenvalue weighted by Crippen LogP contribution is -2.13. The number of halogens is 1. The quantitative estimate of drug-likeness (QED) is 0.312. The second-order valence-electron chi connectivity index (χ2n) is 4.87. The van der Waals surface area contributed by atoms with Gasteiger partial charge >= 0.3 is 0 Å². The summed E-state index contributed by atoms with van der Waals surface area (Å²) in [4.78, 5) is 0. The first kappa shape index (κ1) is 16.0. The summed E-state index contributed by atoms with van der Waals surface area (Å²) in [5.41, 5.74) is 4.65. The first-order valence-corrected chi connectivity index (χ1v) is 8.13. The van der Waals surface area contributed by atoms with Gasteiger partial charge in [-0.15, -0.1) is 10.2 Å². The Hall–Kier alpha value is -2.87. The van der Waals surface area contributed by atoms with E-state index < -0.39 is 0 Å². The SMILES string of the molecule is Nn1c(N/N=C/c2ccc(F)cc2)nnc1SCc1ccccc1. The second-order valence-corrected chi connectivity index (χ2v) is 5.81. The van der Waals surface area contributed by atoms with Crippen LogP contribution in [0.3, 0.4) is 0 Å². The second kappa shape index (κ2) is 7.60. The topological polar surface area (TPSA) is 81.1 Å². The molecule has 3 aromatic rings. The number of rotatable bonds is 6. The van der Waals surface area contributed by atoms with Gasteiger partial charge in [-0.25, -0.2) is 14.5 Å². The summed E-state index contributed by atoms with van der Waals surface area (Å²) < 4.78 is 14.2. The molecule has 0 atom stereocenters. The number of thioether (sulfide) groups is 1. The van der Waals surface area contributed by atoms with Crippen LogP contribution >= 0.6 is 11.8 Å². The van der Waals surface area contributed by atoms with Crippen molar-refractivity contribution >= 4 is 23.9 Å². The minimum atomic E-state index is -0.290. The summed E-state index contributed by atoms with van der Waals surface area (Å²) in [6.45, 7) is 0. The van der Waals surface area contributed by atoms with Gasteiger partial charge in [0.15, 0.2) is 0 Å². The highest BCUT2D eigenvalue weighted by Crippen LogP contribution is 2.21. The molecule has 0 aliphatic rings. The van der Waals surface area contributed by atoms with Crippen molar-refractivity contribution in [3.05, 3.63) is 71.5 Å². The Kier molecular flexibility index (Phi) is 5.07. The molecule has 0 radical (unpaired) electrons. The van der Waals surface area contributed by atoms with Crippen LogP contribution in [0.1, 0.15) is 11.1 Å². The molecule has 1 heterocycles. The molecule has 8 heteroatoms. The molecule has 0 bridgehead atoms. The average molecular weight is 342 g/mol. The van der Waals surface area contributed by atoms with Gasteiger partial charge in [0.25, 0.3) is 5.95 Å². The van der Waals surface area contributed by atoms with Crippen molar-refractivity contribution in [3.8, 4) is 0 Å². The maximum absolute atomic E-state index is 12.8. The summed E-state index contributed by atoms with van der Waals surface area (Å²) in [5, 5.41) is 12.6. The number of hydrogen-bond donors (Lipinski definition) is 2. The molecule has 122 valence electrons. The van der Waals surface area contributed by atoms with Gasteiger partial charge in [-0.3, -0.25) is 0 Å². The smallest absolute Gasteiger partial charge is 0.264 e. The third-order valence-electron chi connectivity index (χ3n) is 3.12. The molecule has 0 aliphatic heterocycles. The first-order chi connectivity index (χ1) is 11.7. The minimum absolute atomic E-state index is 0.290. The lowest BCUT2D eigenvalue weighted by atomic mass is 10.2. The van der Waals surface area contributed by atoms with E-state index >= 15 is 0 Å². The Bertz CT molecular complexity index is 816. The number of aromatic nitrogens is 3. The average Bonchev–Trinajstić information content (AvgIpc) is 2.96. The Labute approximate surface area is 142 Å². The van der Waals surface area contributed by atoms with Crippen molar-refractivity contribution in [3.63, 3.8) is 0 Å². The van der Waals surface area contributed by atoms with Crippen LogP contribution in [-0.2, 0) is 5.75 Å². The molecule has 0 unspecified atom stereocenters. The van der Waals surface area contributed by atoms with E-state index in [9.17, 15) is 4.39 Å². The normalized spacial score (nSPS) is 11.0. The van der Waals surface area contributed by atoms with Gasteiger partial charge in [0.05, 0.1) is 6.21 Å². The van der Waals surface area contributed by atoms with Gasteiger partial charge in [0, 0.05) is 5.75 Å². The summed E-state index contributed by atoms with van der Waals surface area (Å²) in [6, 6.07) is 16.0. The molecule has 24 heavy (non-hydrogen) atoms. The van der Waals surface area contributed by atoms with E-state index in [4.69, 9.17) is 5.84 Å².